The molecule has 0 bridgehead atoms. The van der Waals surface area contributed by atoms with Crippen LogP contribution in [0.1, 0.15) is 6.92 Å². The lowest BCUT2D eigenvalue weighted by Crippen LogP contribution is -2.11. The molecule has 2 heterocycles. The van der Waals surface area contributed by atoms with Gasteiger partial charge in [0.25, 0.3) is 0 Å². The van der Waals surface area contributed by atoms with Crippen molar-refractivity contribution in [2.45, 2.75) is 6.92 Å². The second-order valence-corrected chi connectivity index (χ2v) is 10.6. The first kappa shape index (κ1) is 20.7. The molecule has 7 nitrogen and oxygen atoms in total. The molecule has 1 N–H and O–H groups in total. The van der Waals surface area contributed by atoms with E-state index in [0.29, 0.717) is 39.5 Å². The first-order valence-electron chi connectivity index (χ1n) is 8.38. The van der Waals surface area contributed by atoms with E-state index in [0.717, 1.165) is 5.56 Å². The van der Waals surface area contributed by atoms with Crippen LogP contribution in [0.2, 0.25) is 5.28 Å². The Morgan fingerprint density at radius 1 is 1.18 bits per heavy atom. The van der Waals surface area contributed by atoms with E-state index < -0.39 is 7.14 Å². The molecule has 0 aliphatic heterocycles. The van der Waals surface area contributed by atoms with Crippen LogP contribution < -0.4 is 15.4 Å². The van der Waals surface area contributed by atoms with Gasteiger partial charge in [0.1, 0.15) is 13.0 Å². The van der Waals surface area contributed by atoms with Gasteiger partial charge in [0.05, 0.1) is 29.2 Å². The standard InChI is InChI=1S/C18H18BrClN5O2P/c1-4-27-12-8-21-16(22-9-12)11-5-6-14(15(7-11)28(2,3)26)24-17-13(19)10-23-18(20)25-17/h5-10H,4H2,1-3H3,(H,23,24,25). The Morgan fingerprint density at radius 2 is 1.89 bits per heavy atom. The smallest absolute Gasteiger partial charge is 0.224 e. The molecular formula is C18H18BrClN5O2P. The molecule has 0 saturated carbocycles. The third-order valence-electron chi connectivity index (χ3n) is 3.74. The van der Waals surface area contributed by atoms with Gasteiger partial charge in [0.15, 0.2) is 11.6 Å². The van der Waals surface area contributed by atoms with E-state index in [4.69, 9.17) is 16.3 Å². The molecule has 146 valence electrons. The number of halogens is 2. The van der Waals surface area contributed by atoms with Crippen molar-refractivity contribution in [1.82, 2.24) is 19.9 Å². The number of rotatable bonds is 6. The van der Waals surface area contributed by atoms with Crippen LogP contribution in [0.25, 0.3) is 11.4 Å². The molecule has 0 radical (unpaired) electrons. The fraction of sp³-hybridized carbons (Fsp3) is 0.222. The maximum Gasteiger partial charge on any atom is 0.224 e. The largest absolute Gasteiger partial charge is 0.491 e. The third kappa shape index (κ3) is 4.87. The second-order valence-electron chi connectivity index (χ2n) is 6.22. The molecule has 0 amide bonds. The van der Waals surface area contributed by atoms with Crippen molar-refractivity contribution in [2.24, 2.45) is 0 Å². The molecule has 1 aromatic carbocycles. The molecule has 10 heteroatoms. The van der Waals surface area contributed by atoms with Gasteiger partial charge in [-0.1, -0.05) is 0 Å². The number of aromatic nitrogens is 4. The Bertz CT molecular complexity index is 1040. The quantitative estimate of drug-likeness (QED) is 0.401. The molecule has 0 fully saturated rings. The van der Waals surface area contributed by atoms with E-state index >= 15 is 0 Å². The summed E-state index contributed by atoms with van der Waals surface area (Å²) in [5, 5.41) is 3.95. The van der Waals surface area contributed by atoms with Gasteiger partial charge in [-0.25, -0.2) is 15.0 Å². The molecular weight excluding hydrogens is 465 g/mol. The van der Waals surface area contributed by atoms with Crippen LogP contribution in [0.5, 0.6) is 5.75 Å². The SMILES string of the molecule is CCOc1cnc(-c2ccc(Nc3nc(Cl)ncc3Br)c(P(C)(C)=O)c2)nc1. The Balaban J connectivity index is 2.00. The maximum absolute atomic E-state index is 12.9. The first-order chi connectivity index (χ1) is 13.3. The predicted molar refractivity (Wildman–Crippen MR) is 116 cm³/mol. The van der Waals surface area contributed by atoms with Gasteiger partial charge < -0.3 is 14.6 Å². The predicted octanol–water partition coefficient (Wildman–Crippen LogP) is 4.74. The monoisotopic (exact) mass is 481 g/mol. The molecule has 0 atom stereocenters. The molecule has 0 spiro atoms. The highest BCUT2D eigenvalue weighted by Crippen LogP contribution is 2.40. The molecule has 0 aliphatic rings. The number of hydrogen-bond acceptors (Lipinski definition) is 7. The van der Waals surface area contributed by atoms with Crippen molar-refractivity contribution in [3.63, 3.8) is 0 Å². The molecule has 0 saturated heterocycles. The summed E-state index contributed by atoms with van der Waals surface area (Å²) in [4.78, 5) is 16.8. The number of ether oxygens (including phenoxy) is 1. The highest BCUT2D eigenvalue weighted by atomic mass is 79.9. The van der Waals surface area contributed by atoms with Crippen LogP contribution in [-0.4, -0.2) is 39.9 Å². The van der Waals surface area contributed by atoms with E-state index in [9.17, 15) is 4.57 Å². The summed E-state index contributed by atoms with van der Waals surface area (Å²) in [5.74, 6) is 1.61. The summed E-state index contributed by atoms with van der Waals surface area (Å²) in [5.41, 5.74) is 1.42. The van der Waals surface area contributed by atoms with E-state index in [-0.39, 0.29) is 5.28 Å². The second kappa shape index (κ2) is 8.55. The van der Waals surface area contributed by atoms with Crippen LogP contribution in [0.4, 0.5) is 11.5 Å². The summed E-state index contributed by atoms with van der Waals surface area (Å²) >= 11 is 9.28. The van der Waals surface area contributed by atoms with Crippen molar-refractivity contribution in [1.29, 1.82) is 0 Å². The van der Waals surface area contributed by atoms with Gasteiger partial charge in [-0.05, 0) is 66.0 Å². The van der Waals surface area contributed by atoms with E-state index in [1.807, 2.05) is 25.1 Å². The Kier molecular flexibility index (Phi) is 6.33. The molecule has 3 aromatic rings. The summed E-state index contributed by atoms with van der Waals surface area (Å²) in [6.45, 7) is 5.86. The van der Waals surface area contributed by atoms with E-state index in [2.05, 4.69) is 41.2 Å². The maximum atomic E-state index is 12.9. The average molecular weight is 483 g/mol. The van der Waals surface area contributed by atoms with Gasteiger partial charge in [0, 0.05) is 17.1 Å². The first-order valence-corrected chi connectivity index (χ1v) is 12.1. The minimum atomic E-state index is -2.62. The zero-order chi connectivity index (χ0) is 20.3. The van der Waals surface area contributed by atoms with Gasteiger partial charge in [-0.15, -0.1) is 0 Å². The number of benzene rings is 1. The third-order valence-corrected chi connectivity index (χ3v) is 6.04. The molecule has 3 rings (SSSR count). The van der Waals surface area contributed by atoms with Crippen LogP contribution in [0.15, 0.2) is 41.3 Å². The minimum Gasteiger partial charge on any atom is -0.491 e. The lowest BCUT2D eigenvalue weighted by Gasteiger charge is -2.17. The lowest BCUT2D eigenvalue weighted by atomic mass is 10.2. The minimum absolute atomic E-state index is 0.114. The Morgan fingerprint density at radius 3 is 2.54 bits per heavy atom. The van der Waals surface area contributed by atoms with Crippen molar-refractivity contribution >= 4 is 51.5 Å². The topological polar surface area (TPSA) is 89.9 Å². The van der Waals surface area contributed by atoms with E-state index in [1.54, 1.807) is 31.9 Å². The lowest BCUT2D eigenvalue weighted by molar-refractivity contribution is 0.337. The number of nitrogens with zero attached hydrogens (tertiary/aromatic N) is 4. The highest BCUT2D eigenvalue weighted by Gasteiger charge is 2.19. The van der Waals surface area contributed by atoms with Gasteiger partial charge >= 0.3 is 0 Å². The normalized spacial score (nSPS) is 11.3. The van der Waals surface area contributed by atoms with Crippen LogP contribution >= 0.6 is 34.7 Å². The number of anilines is 2. The Hall–Kier alpha value is -2.02. The van der Waals surface area contributed by atoms with Crippen molar-refractivity contribution in [2.75, 3.05) is 25.3 Å². The fourth-order valence-corrected chi connectivity index (χ4v) is 4.07. The van der Waals surface area contributed by atoms with Gasteiger partial charge in [0.2, 0.25) is 5.28 Å². The zero-order valence-corrected chi connectivity index (χ0v) is 18.7. The van der Waals surface area contributed by atoms with Crippen LogP contribution in [0.3, 0.4) is 0 Å². The molecule has 0 aliphatic carbocycles. The fourth-order valence-electron chi connectivity index (χ4n) is 2.49. The number of nitrogens with one attached hydrogen (secondary N) is 1. The van der Waals surface area contributed by atoms with Crippen LogP contribution in [0, 0.1) is 0 Å². The zero-order valence-electron chi connectivity index (χ0n) is 15.5. The van der Waals surface area contributed by atoms with Crippen molar-refractivity contribution < 1.29 is 9.30 Å². The Labute approximate surface area is 176 Å². The summed E-state index contributed by atoms with van der Waals surface area (Å²) < 4.78 is 18.9. The number of hydrogen-bond donors (Lipinski definition) is 1. The average Bonchev–Trinajstić information content (AvgIpc) is 2.65. The highest BCUT2D eigenvalue weighted by molar-refractivity contribution is 9.10. The van der Waals surface area contributed by atoms with Crippen molar-refractivity contribution in [3.05, 3.63) is 46.5 Å². The van der Waals surface area contributed by atoms with Crippen molar-refractivity contribution in [3.8, 4) is 17.1 Å². The summed E-state index contributed by atoms with van der Waals surface area (Å²) in [6.07, 6.45) is 4.79. The van der Waals surface area contributed by atoms with Gasteiger partial charge in [-0.3, -0.25) is 0 Å². The summed E-state index contributed by atoms with van der Waals surface area (Å²) in [6, 6.07) is 5.51. The molecule has 28 heavy (non-hydrogen) atoms. The molecule has 0 unspecified atom stereocenters. The van der Waals surface area contributed by atoms with E-state index in [1.165, 1.54) is 0 Å². The summed E-state index contributed by atoms with van der Waals surface area (Å²) in [7, 11) is -2.62. The van der Waals surface area contributed by atoms with Crippen LogP contribution in [-0.2, 0) is 4.57 Å². The van der Waals surface area contributed by atoms with Gasteiger partial charge in [-0.2, -0.15) is 4.98 Å². The molecule has 2 aromatic heterocycles.